The monoisotopic (exact) mass is 1150 g/mol. The van der Waals surface area contributed by atoms with Crippen LogP contribution >= 0.6 is 31.1 Å². The van der Waals surface area contributed by atoms with Crippen LogP contribution in [0.1, 0.15) is 25.1 Å². The molecule has 0 saturated carbocycles. The van der Waals surface area contributed by atoms with Crippen LogP contribution < -0.4 is 42.6 Å². The first-order chi connectivity index (χ1) is 35.2. The molecular weight excluding hydrogens is 1100 g/mol. The number of aromatic amines is 2. The number of hydrogen-bond acceptors (Lipinski definition) is 27. The smallest absolute Gasteiger partial charge is 0.480 e. The highest BCUT2D eigenvalue weighted by atomic mass is 31.3. The van der Waals surface area contributed by atoms with Gasteiger partial charge in [-0.15, -0.1) is 4.86 Å². The van der Waals surface area contributed by atoms with E-state index >= 15 is 0 Å². The number of methoxy groups -OCH3 is 2. The number of rotatable bonds is 22. The maximum Gasteiger partial charge on any atom is 0.480 e. The van der Waals surface area contributed by atoms with Crippen molar-refractivity contribution in [2.45, 2.75) is 73.9 Å². The second kappa shape index (κ2) is 22.0. The van der Waals surface area contributed by atoms with Crippen molar-refractivity contribution in [3.05, 3.63) is 62.4 Å². The predicted molar refractivity (Wildman–Crippen MR) is 242 cm³/mol. The van der Waals surface area contributed by atoms with Crippen molar-refractivity contribution in [1.82, 2.24) is 48.5 Å². The summed E-state index contributed by atoms with van der Waals surface area (Å²) < 4.78 is 111. The molecule has 13 N–H and O–H groups in total. The average molecular weight is 1150 g/mol. The average Bonchev–Trinajstić information content (AvgIpc) is 4.12. The standard InChI is InChI=1S/C34H49N13O24P4/c1-44-13-47(28-20(44)29(52)42-33(36)41-28)30-21(49)14(5-7-62-2)15(67-30)8-64-72(54,55)43-73(56,57)71-75(60,61)66-10-17-24(25(63-3)32(69-17)46-12-39-19-26(35)37-11-38-27(19)46)70-74(58,59)65-9-16-22(50)23(51)31(68-16)45-6-4-18(48)40-34(45)53/h4,6,11-17,21-25,30-32,49-51H,5,7-10H2,1-3H3,(H10-,35,36,37,38,40,41,42,43,48,52,53,54,55,56,57,58,59,60,61)/t14-,15-,16-,17-,21-,22-,23-,24-,25-,30-,31-,32-/m1/s1. The number of aromatic nitrogens is 10. The zero-order valence-electron chi connectivity index (χ0n) is 38.9. The van der Waals surface area contributed by atoms with Gasteiger partial charge in [0, 0.05) is 39.0 Å². The minimum atomic E-state index is -5.94. The van der Waals surface area contributed by atoms with Crippen molar-refractivity contribution in [2.75, 3.05) is 52.1 Å². The summed E-state index contributed by atoms with van der Waals surface area (Å²) in [5.74, 6) is -1.26. The zero-order chi connectivity index (χ0) is 54.5. The second-order valence-electron chi connectivity index (χ2n) is 16.8. The van der Waals surface area contributed by atoms with Crippen LogP contribution in [0.5, 0.6) is 0 Å². The number of phosphoric ester groups is 2. The first-order valence-electron chi connectivity index (χ1n) is 21.7. The summed E-state index contributed by atoms with van der Waals surface area (Å²) in [4.78, 5) is 104. The van der Waals surface area contributed by atoms with Gasteiger partial charge >= 0.3 is 34.7 Å². The summed E-state index contributed by atoms with van der Waals surface area (Å²) in [6, 6.07) is 0.919. The van der Waals surface area contributed by atoms with Crippen LogP contribution in [0.25, 0.3) is 22.3 Å². The fourth-order valence-corrected chi connectivity index (χ4v) is 13.5. The van der Waals surface area contributed by atoms with Crippen LogP contribution in [-0.2, 0) is 71.4 Å². The number of nitrogens with two attached hydrogens (primary N) is 2. The lowest BCUT2D eigenvalue weighted by atomic mass is 9.95. The molecule has 3 fully saturated rings. The number of phosphoric acid groups is 2. The van der Waals surface area contributed by atoms with Gasteiger partial charge in [-0.3, -0.25) is 46.9 Å². The van der Waals surface area contributed by atoms with Crippen molar-refractivity contribution in [2.24, 2.45) is 13.0 Å². The molecule has 41 heteroatoms. The van der Waals surface area contributed by atoms with Gasteiger partial charge < -0.3 is 79.1 Å². The van der Waals surface area contributed by atoms with E-state index < -0.39 is 141 Å². The summed E-state index contributed by atoms with van der Waals surface area (Å²) in [7, 11) is -19.1. The van der Waals surface area contributed by atoms with E-state index in [1.165, 1.54) is 39.0 Å². The number of aliphatic hydroxyl groups is 3. The fourth-order valence-electron chi connectivity index (χ4n) is 8.53. The number of aliphatic hydroxyl groups excluding tert-OH is 3. The number of anilines is 2. The molecule has 0 amide bonds. The number of ether oxygens (including phenoxy) is 5. The summed E-state index contributed by atoms with van der Waals surface area (Å²) in [5, 5.41) is 32.6. The Morgan fingerprint density at radius 2 is 1.56 bits per heavy atom. The van der Waals surface area contributed by atoms with Gasteiger partial charge in [0.2, 0.25) is 11.7 Å². The predicted octanol–water partition coefficient (Wildman–Crippen LogP) is -4.64. The largest absolute Gasteiger partial charge is 0.756 e. The van der Waals surface area contributed by atoms with E-state index in [2.05, 4.69) is 29.2 Å². The van der Waals surface area contributed by atoms with Crippen molar-refractivity contribution in [3.63, 3.8) is 0 Å². The lowest BCUT2D eigenvalue weighted by Gasteiger charge is -2.31. The number of imidazole rings is 2. The molecule has 3 aliphatic heterocycles. The van der Waals surface area contributed by atoms with Crippen LogP contribution in [0.3, 0.4) is 0 Å². The number of nitrogens with one attached hydrogen (secondary N) is 3. The normalized spacial score (nSPS) is 30.4. The molecule has 0 radical (unpaired) electrons. The molecule has 0 bridgehead atoms. The van der Waals surface area contributed by atoms with E-state index in [-0.39, 0.29) is 47.1 Å². The summed E-state index contributed by atoms with van der Waals surface area (Å²) in [5.41, 5.74) is 9.34. The van der Waals surface area contributed by atoms with Crippen molar-refractivity contribution < 1.29 is 104 Å². The van der Waals surface area contributed by atoms with Gasteiger partial charge in [-0.25, -0.2) is 38.0 Å². The molecule has 4 unspecified atom stereocenters. The lowest BCUT2D eigenvalue weighted by molar-refractivity contribution is -0.745. The zero-order valence-corrected chi connectivity index (χ0v) is 42.5. The Morgan fingerprint density at radius 1 is 0.853 bits per heavy atom. The van der Waals surface area contributed by atoms with Gasteiger partial charge in [0.25, 0.3) is 24.9 Å². The summed E-state index contributed by atoms with van der Waals surface area (Å²) in [6.45, 7) is -3.16. The van der Waals surface area contributed by atoms with Crippen LogP contribution in [0.15, 0.2) is 45.6 Å². The minimum Gasteiger partial charge on any atom is -0.756 e. The molecule has 3 aliphatic rings. The summed E-state index contributed by atoms with van der Waals surface area (Å²) >= 11 is 0. The number of hydrogen-bond donors (Lipinski definition) is 11. The fraction of sp³-hybridized carbons (Fsp3) is 0.588. The molecule has 0 aliphatic carbocycles. The number of fused-ring (bicyclic) bond motifs is 2. The lowest BCUT2D eigenvalue weighted by Crippen LogP contribution is -2.45. The van der Waals surface area contributed by atoms with Gasteiger partial charge in [-0.2, -0.15) is 4.31 Å². The van der Waals surface area contributed by atoms with Crippen LogP contribution in [-0.4, -0.2) is 163 Å². The maximum atomic E-state index is 13.5. The molecule has 5 aromatic heterocycles. The molecule has 0 spiro atoms. The number of H-pyrrole nitrogens is 2. The Labute approximate surface area is 418 Å². The molecule has 3 saturated heterocycles. The van der Waals surface area contributed by atoms with E-state index in [4.69, 9.17) is 53.2 Å². The van der Waals surface area contributed by atoms with Crippen LogP contribution in [0.2, 0.25) is 0 Å². The number of nitrogen functional groups attached to an aromatic ring is 2. The molecule has 414 valence electrons. The van der Waals surface area contributed by atoms with Gasteiger partial charge in [-0.05, 0) is 6.42 Å². The molecule has 5 aromatic rings. The quantitative estimate of drug-likeness (QED) is 0.0229. The maximum absolute atomic E-state index is 13.5. The minimum absolute atomic E-state index is 0.00130. The SMILES string of the molecule is COCC[C@H]1[C@@H](O)[C@H]([n+]2cn(C)c3c(=O)[nH]c(N)nc32)O[C@@H]1COP(=O)(O)NP(=O)(O)OP(=O)(O)OC[C@H]1O[C@@H](n2cnc3c(N)ncnc32)[C@H](OC)[C@@H]1OP(=O)([O-])OC[C@H]1O[C@@H](n2ccc(=O)[nH]c2=O)[C@H](O)[C@@H]1O. The molecular formula is C34H49N13O24P4. The van der Waals surface area contributed by atoms with E-state index in [0.29, 0.717) is 0 Å². The Kier molecular flexibility index (Phi) is 16.6. The van der Waals surface area contributed by atoms with Crippen molar-refractivity contribution in [3.8, 4) is 0 Å². The van der Waals surface area contributed by atoms with E-state index in [1.54, 1.807) is 0 Å². The first kappa shape index (κ1) is 56.6. The molecule has 8 rings (SSSR count). The Balaban J connectivity index is 0.942. The highest BCUT2D eigenvalue weighted by Gasteiger charge is 2.52. The summed E-state index contributed by atoms with van der Waals surface area (Å²) in [6.07, 6.45) is -13.2. The van der Waals surface area contributed by atoms with Crippen molar-refractivity contribution >= 4 is 65.2 Å². The first-order valence-corrected chi connectivity index (χ1v) is 27.8. The highest BCUT2D eigenvalue weighted by molar-refractivity contribution is 7.71. The Morgan fingerprint density at radius 3 is 2.27 bits per heavy atom. The van der Waals surface area contributed by atoms with Crippen LogP contribution in [0.4, 0.5) is 11.8 Å². The highest BCUT2D eigenvalue weighted by Crippen LogP contribution is 2.62. The van der Waals surface area contributed by atoms with Crippen molar-refractivity contribution in [1.29, 1.82) is 0 Å². The number of aryl methyl sites for hydroxylation is 1. The topological polar surface area (TPSA) is 522 Å². The molecule has 37 nitrogen and oxygen atoms in total. The van der Waals surface area contributed by atoms with E-state index in [0.717, 1.165) is 36.6 Å². The Hall–Kier alpha value is -4.62. The van der Waals surface area contributed by atoms with Gasteiger partial charge in [0.1, 0.15) is 54.6 Å². The third-order valence-corrected chi connectivity index (χ3v) is 17.5. The van der Waals surface area contributed by atoms with Gasteiger partial charge in [-0.1, -0.05) is 4.98 Å². The third-order valence-electron chi connectivity index (χ3n) is 11.9. The molecule has 8 heterocycles. The van der Waals surface area contributed by atoms with E-state index in [1.807, 2.05) is 4.98 Å². The van der Waals surface area contributed by atoms with E-state index in [9.17, 15) is 67.5 Å². The second-order valence-corrected chi connectivity index (χ2v) is 23.1. The molecule has 0 aromatic carbocycles. The van der Waals surface area contributed by atoms with Crippen LogP contribution in [0, 0.1) is 5.92 Å². The third kappa shape index (κ3) is 12.2. The van der Waals surface area contributed by atoms with Gasteiger partial charge in [0.05, 0.1) is 39.3 Å². The molecule has 75 heavy (non-hydrogen) atoms. The number of nitrogens with zero attached hydrogens (tertiary/aromatic N) is 8. The molecule has 16 atom stereocenters. The van der Waals surface area contributed by atoms with Gasteiger partial charge in [0.15, 0.2) is 30.2 Å². The Bertz CT molecular complexity index is 3280.